The van der Waals surface area contributed by atoms with Gasteiger partial charge in [-0.3, -0.25) is 0 Å². The Labute approximate surface area is 126 Å². The minimum Gasteiger partial charge on any atom is -0.306 e. The third kappa shape index (κ3) is 4.90. The lowest BCUT2D eigenvalue weighted by Gasteiger charge is -2.14. The first kappa shape index (κ1) is 16.1. The summed E-state index contributed by atoms with van der Waals surface area (Å²) >= 11 is 1.78. The second-order valence-corrected chi connectivity index (χ2v) is 5.24. The number of hydrogen-bond donors (Lipinski definition) is 1. The van der Waals surface area contributed by atoms with Gasteiger partial charge in [-0.15, -0.1) is 24.2 Å². The molecule has 19 heavy (non-hydrogen) atoms. The summed E-state index contributed by atoms with van der Waals surface area (Å²) in [5.41, 5.74) is 2.66. The van der Waals surface area contributed by atoms with Gasteiger partial charge >= 0.3 is 0 Å². The number of nitrogens with one attached hydrogen (secondary N) is 1. The predicted molar refractivity (Wildman–Crippen MR) is 87.2 cm³/mol. The maximum Gasteiger partial charge on any atom is 0.0294 e. The van der Waals surface area contributed by atoms with E-state index in [4.69, 9.17) is 0 Å². The van der Waals surface area contributed by atoms with Gasteiger partial charge in [0.15, 0.2) is 0 Å². The quantitative estimate of drug-likeness (QED) is 0.803. The molecule has 0 aliphatic rings. The SMILES string of the molecule is CSc1ccc(CNC(C)c2ccccc2)cc1.Cl. The molecule has 0 aliphatic carbocycles. The molecule has 0 saturated heterocycles. The monoisotopic (exact) mass is 293 g/mol. The summed E-state index contributed by atoms with van der Waals surface area (Å²) in [5, 5.41) is 3.55. The average Bonchev–Trinajstić information content (AvgIpc) is 2.46. The minimum atomic E-state index is 0. The molecule has 102 valence electrons. The molecule has 0 aromatic heterocycles. The topological polar surface area (TPSA) is 12.0 Å². The first-order valence-corrected chi connectivity index (χ1v) is 7.43. The zero-order valence-corrected chi connectivity index (χ0v) is 12.9. The molecular formula is C16H20ClNS. The molecule has 2 aromatic rings. The molecule has 2 aromatic carbocycles. The van der Waals surface area contributed by atoms with Gasteiger partial charge < -0.3 is 5.32 Å². The van der Waals surface area contributed by atoms with Crippen LogP contribution in [0, 0.1) is 0 Å². The average molecular weight is 294 g/mol. The molecule has 3 heteroatoms. The van der Waals surface area contributed by atoms with E-state index in [0.717, 1.165) is 6.54 Å². The highest BCUT2D eigenvalue weighted by molar-refractivity contribution is 7.98. The van der Waals surface area contributed by atoms with Crippen molar-refractivity contribution in [3.63, 3.8) is 0 Å². The molecule has 1 atom stereocenters. The van der Waals surface area contributed by atoms with E-state index in [-0.39, 0.29) is 12.4 Å². The standard InChI is InChI=1S/C16H19NS.ClH/c1-13(15-6-4-3-5-7-15)17-12-14-8-10-16(18-2)11-9-14;/h3-11,13,17H,12H2,1-2H3;1H. The van der Waals surface area contributed by atoms with Gasteiger partial charge in [-0.2, -0.15) is 0 Å². The van der Waals surface area contributed by atoms with Crippen LogP contribution >= 0.6 is 24.2 Å². The normalized spacial score (nSPS) is 11.7. The van der Waals surface area contributed by atoms with Crippen LogP contribution in [-0.2, 0) is 6.54 Å². The lowest BCUT2D eigenvalue weighted by atomic mass is 10.1. The summed E-state index contributed by atoms with van der Waals surface area (Å²) in [6.45, 7) is 3.11. The van der Waals surface area contributed by atoms with Gasteiger partial charge in [0.2, 0.25) is 0 Å². The van der Waals surface area contributed by atoms with Crippen LogP contribution in [0.3, 0.4) is 0 Å². The molecule has 1 N–H and O–H groups in total. The third-order valence-electron chi connectivity index (χ3n) is 3.07. The van der Waals surface area contributed by atoms with Crippen molar-refractivity contribution in [2.45, 2.75) is 24.4 Å². The Morgan fingerprint density at radius 1 is 1.00 bits per heavy atom. The van der Waals surface area contributed by atoms with Gasteiger partial charge in [0.1, 0.15) is 0 Å². The van der Waals surface area contributed by atoms with Crippen LogP contribution in [0.15, 0.2) is 59.5 Å². The Morgan fingerprint density at radius 3 is 2.21 bits per heavy atom. The van der Waals surface area contributed by atoms with Crippen molar-refractivity contribution >= 4 is 24.2 Å². The molecular weight excluding hydrogens is 274 g/mol. The van der Waals surface area contributed by atoms with Crippen molar-refractivity contribution in [2.75, 3.05) is 6.26 Å². The second-order valence-electron chi connectivity index (χ2n) is 4.36. The van der Waals surface area contributed by atoms with Crippen molar-refractivity contribution in [1.29, 1.82) is 0 Å². The minimum absolute atomic E-state index is 0. The molecule has 1 unspecified atom stereocenters. The first-order chi connectivity index (χ1) is 8.79. The number of benzene rings is 2. The fourth-order valence-electron chi connectivity index (χ4n) is 1.87. The Bertz CT molecular complexity index is 470. The fraction of sp³-hybridized carbons (Fsp3) is 0.250. The van der Waals surface area contributed by atoms with E-state index in [9.17, 15) is 0 Å². The molecule has 0 bridgehead atoms. The maximum atomic E-state index is 3.55. The van der Waals surface area contributed by atoms with Gasteiger partial charge in [0.25, 0.3) is 0 Å². The molecule has 0 fully saturated rings. The summed E-state index contributed by atoms with van der Waals surface area (Å²) in [6.07, 6.45) is 2.10. The van der Waals surface area contributed by atoms with Gasteiger partial charge in [0.05, 0.1) is 0 Å². The second kappa shape index (κ2) is 8.26. The molecule has 0 amide bonds. The van der Waals surface area contributed by atoms with E-state index >= 15 is 0 Å². The van der Waals surface area contributed by atoms with E-state index < -0.39 is 0 Å². The predicted octanol–water partition coefficient (Wildman–Crippen LogP) is 4.68. The lowest BCUT2D eigenvalue weighted by molar-refractivity contribution is 0.574. The van der Waals surface area contributed by atoms with Gasteiger partial charge in [-0.05, 0) is 36.4 Å². The summed E-state index contributed by atoms with van der Waals surface area (Å²) in [5.74, 6) is 0. The van der Waals surface area contributed by atoms with Crippen LogP contribution < -0.4 is 5.32 Å². The molecule has 0 radical (unpaired) electrons. The van der Waals surface area contributed by atoms with Crippen molar-refractivity contribution in [3.8, 4) is 0 Å². The highest BCUT2D eigenvalue weighted by atomic mass is 35.5. The third-order valence-corrected chi connectivity index (χ3v) is 3.81. The Kier molecular flexibility index (Phi) is 7.00. The van der Waals surface area contributed by atoms with Gasteiger partial charge in [0, 0.05) is 17.5 Å². The van der Waals surface area contributed by atoms with Crippen molar-refractivity contribution in [3.05, 3.63) is 65.7 Å². The lowest BCUT2D eigenvalue weighted by Crippen LogP contribution is -2.17. The molecule has 0 spiro atoms. The molecule has 0 saturated carbocycles. The van der Waals surface area contributed by atoms with Crippen LogP contribution in [0.1, 0.15) is 24.1 Å². The summed E-state index contributed by atoms with van der Waals surface area (Å²) in [7, 11) is 0. The Balaban J connectivity index is 0.00000180. The summed E-state index contributed by atoms with van der Waals surface area (Å²) in [6, 6.07) is 19.7. The Hall–Kier alpha value is -0.960. The van der Waals surface area contributed by atoms with E-state index in [2.05, 4.69) is 73.1 Å². The summed E-state index contributed by atoms with van der Waals surface area (Å²) in [4.78, 5) is 1.31. The Morgan fingerprint density at radius 2 is 1.63 bits per heavy atom. The molecule has 0 heterocycles. The maximum absolute atomic E-state index is 3.55. The molecule has 2 rings (SSSR count). The van der Waals surface area contributed by atoms with E-state index in [1.165, 1.54) is 16.0 Å². The summed E-state index contributed by atoms with van der Waals surface area (Å²) < 4.78 is 0. The zero-order valence-electron chi connectivity index (χ0n) is 11.3. The van der Waals surface area contributed by atoms with Crippen LogP contribution in [0.2, 0.25) is 0 Å². The van der Waals surface area contributed by atoms with Crippen LogP contribution in [-0.4, -0.2) is 6.26 Å². The van der Waals surface area contributed by atoms with E-state index in [0.29, 0.717) is 6.04 Å². The van der Waals surface area contributed by atoms with Crippen molar-refractivity contribution in [2.24, 2.45) is 0 Å². The largest absolute Gasteiger partial charge is 0.306 e. The number of thioether (sulfide) groups is 1. The van der Waals surface area contributed by atoms with E-state index in [1.807, 2.05) is 0 Å². The van der Waals surface area contributed by atoms with E-state index in [1.54, 1.807) is 11.8 Å². The number of halogens is 1. The highest BCUT2D eigenvalue weighted by Crippen LogP contribution is 2.16. The van der Waals surface area contributed by atoms with Crippen molar-refractivity contribution < 1.29 is 0 Å². The number of hydrogen-bond acceptors (Lipinski definition) is 2. The smallest absolute Gasteiger partial charge is 0.0294 e. The van der Waals surface area contributed by atoms with Crippen LogP contribution in [0.5, 0.6) is 0 Å². The fourth-order valence-corrected chi connectivity index (χ4v) is 2.28. The number of rotatable bonds is 5. The zero-order chi connectivity index (χ0) is 12.8. The molecule has 0 aliphatic heterocycles. The van der Waals surface area contributed by atoms with Crippen molar-refractivity contribution in [1.82, 2.24) is 5.32 Å². The highest BCUT2D eigenvalue weighted by Gasteiger charge is 2.03. The van der Waals surface area contributed by atoms with Crippen LogP contribution in [0.4, 0.5) is 0 Å². The van der Waals surface area contributed by atoms with Gasteiger partial charge in [-0.1, -0.05) is 42.5 Å². The van der Waals surface area contributed by atoms with Gasteiger partial charge in [-0.25, -0.2) is 0 Å². The van der Waals surface area contributed by atoms with Crippen LogP contribution in [0.25, 0.3) is 0 Å². The molecule has 1 nitrogen and oxygen atoms in total. The first-order valence-electron chi connectivity index (χ1n) is 6.21.